The average molecular weight is 445 g/mol. The molecule has 0 radical (unpaired) electrons. The first-order valence-corrected chi connectivity index (χ1v) is 11.2. The van der Waals surface area contributed by atoms with E-state index < -0.39 is 5.54 Å². The van der Waals surface area contributed by atoms with Gasteiger partial charge in [-0.2, -0.15) is 5.26 Å². The molecular formula is C19H20N6O3S2. The highest BCUT2D eigenvalue weighted by atomic mass is 32.2. The second-order valence-corrected chi connectivity index (χ2v) is 8.96. The van der Waals surface area contributed by atoms with Gasteiger partial charge in [0.1, 0.15) is 33.9 Å². The van der Waals surface area contributed by atoms with E-state index in [1.807, 2.05) is 6.07 Å². The summed E-state index contributed by atoms with van der Waals surface area (Å²) in [4.78, 5) is 26.0. The third-order valence-corrected chi connectivity index (χ3v) is 6.98. The Morgan fingerprint density at radius 2 is 2.40 bits per heavy atom. The van der Waals surface area contributed by atoms with Gasteiger partial charge in [0, 0.05) is 17.1 Å². The van der Waals surface area contributed by atoms with Crippen LogP contribution >= 0.6 is 23.1 Å². The number of amidine groups is 1. The van der Waals surface area contributed by atoms with E-state index in [0.717, 1.165) is 17.2 Å². The smallest absolute Gasteiger partial charge is 0.275 e. The lowest BCUT2D eigenvalue weighted by atomic mass is 9.80. The molecule has 2 aromatic rings. The van der Waals surface area contributed by atoms with Crippen molar-refractivity contribution < 1.29 is 14.3 Å². The van der Waals surface area contributed by atoms with Crippen molar-refractivity contribution >= 4 is 40.0 Å². The number of fused-ring (bicyclic) bond motifs is 1. The van der Waals surface area contributed by atoms with Crippen molar-refractivity contribution in [1.82, 2.24) is 9.97 Å². The molecular weight excluding hydrogens is 424 g/mol. The molecule has 1 amide bonds. The van der Waals surface area contributed by atoms with Gasteiger partial charge >= 0.3 is 0 Å². The molecule has 30 heavy (non-hydrogen) atoms. The van der Waals surface area contributed by atoms with E-state index in [1.165, 1.54) is 23.6 Å². The minimum atomic E-state index is -0.604. The summed E-state index contributed by atoms with van der Waals surface area (Å²) >= 11 is 3.00. The molecule has 0 spiro atoms. The number of aliphatic imine (C=N–C) groups is 1. The number of ether oxygens (including phenoxy) is 2. The SMILES string of the molecule is C[C@H]1C[C@H]2CSC(N)=NC2(c2nc(NC(=O)c3ccc(OCC#N)cn3)cs2)CO1. The van der Waals surface area contributed by atoms with Crippen molar-refractivity contribution in [3.8, 4) is 11.8 Å². The number of thioether (sulfide) groups is 1. The molecule has 3 atom stereocenters. The van der Waals surface area contributed by atoms with E-state index >= 15 is 0 Å². The highest BCUT2D eigenvalue weighted by Gasteiger charge is 2.49. The van der Waals surface area contributed by atoms with Crippen LogP contribution in [-0.2, 0) is 10.3 Å². The lowest BCUT2D eigenvalue weighted by Crippen LogP contribution is -2.49. The standard InChI is InChI=1S/C19H20N6O3S2/c1-11-6-12-8-30-18(21)25-19(12,10-28-11)17-24-15(9-29-17)23-16(26)14-3-2-13(7-22-14)27-5-4-20/h2-3,7,9,11-12H,5-6,8,10H2,1H3,(H2,21,25)(H,23,26)/t11-,12-,19?/m0/s1. The number of nitrogens with two attached hydrogens (primary N) is 1. The maximum Gasteiger partial charge on any atom is 0.275 e. The average Bonchev–Trinajstić information content (AvgIpc) is 3.22. The summed E-state index contributed by atoms with van der Waals surface area (Å²) in [7, 11) is 0. The van der Waals surface area contributed by atoms with Gasteiger partial charge in [-0.25, -0.2) is 15.0 Å². The van der Waals surface area contributed by atoms with Crippen LogP contribution in [0.3, 0.4) is 0 Å². The topological polar surface area (TPSA) is 136 Å². The van der Waals surface area contributed by atoms with Crippen molar-refractivity contribution in [2.75, 3.05) is 24.3 Å². The summed E-state index contributed by atoms with van der Waals surface area (Å²) in [5.74, 6) is 1.62. The zero-order chi connectivity index (χ0) is 21.1. The highest BCUT2D eigenvalue weighted by Crippen LogP contribution is 2.47. The monoisotopic (exact) mass is 444 g/mol. The summed E-state index contributed by atoms with van der Waals surface area (Å²) in [6.07, 6.45) is 2.46. The molecule has 2 aliphatic rings. The number of carbonyl (C=O) groups is 1. The normalized spacial score (nSPS) is 25.5. The minimum absolute atomic E-state index is 0.0778. The van der Waals surface area contributed by atoms with Gasteiger partial charge in [-0.15, -0.1) is 11.3 Å². The zero-order valence-corrected chi connectivity index (χ0v) is 17.8. The number of hydrogen-bond acceptors (Lipinski definition) is 10. The number of amides is 1. The van der Waals surface area contributed by atoms with Gasteiger partial charge in [0.15, 0.2) is 11.8 Å². The summed E-state index contributed by atoms with van der Waals surface area (Å²) in [6, 6.07) is 5.00. The third kappa shape index (κ3) is 4.12. The van der Waals surface area contributed by atoms with E-state index in [4.69, 9.17) is 25.5 Å². The number of nitrogens with one attached hydrogen (secondary N) is 1. The molecule has 1 fully saturated rings. The van der Waals surface area contributed by atoms with Crippen LogP contribution in [0.4, 0.5) is 5.82 Å². The van der Waals surface area contributed by atoms with Crippen molar-refractivity contribution in [3.63, 3.8) is 0 Å². The van der Waals surface area contributed by atoms with Gasteiger partial charge in [-0.1, -0.05) is 11.8 Å². The molecule has 2 aromatic heterocycles. The molecule has 156 valence electrons. The molecule has 4 rings (SSSR count). The number of thiazole rings is 1. The van der Waals surface area contributed by atoms with E-state index in [2.05, 4.69) is 22.2 Å². The fourth-order valence-electron chi connectivity index (χ4n) is 3.51. The Bertz CT molecular complexity index is 1000. The van der Waals surface area contributed by atoms with Gasteiger partial charge in [0.2, 0.25) is 0 Å². The number of pyridine rings is 1. The highest BCUT2D eigenvalue weighted by molar-refractivity contribution is 8.13. The van der Waals surface area contributed by atoms with Crippen LogP contribution in [0.25, 0.3) is 0 Å². The van der Waals surface area contributed by atoms with Gasteiger partial charge in [0.25, 0.3) is 5.91 Å². The number of aromatic nitrogens is 2. The molecule has 9 nitrogen and oxygen atoms in total. The maximum absolute atomic E-state index is 12.5. The summed E-state index contributed by atoms with van der Waals surface area (Å²) in [5.41, 5.74) is 5.65. The molecule has 0 bridgehead atoms. The van der Waals surface area contributed by atoms with Crippen LogP contribution in [0.15, 0.2) is 28.7 Å². The van der Waals surface area contributed by atoms with Crippen LogP contribution in [0, 0.1) is 17.2 Å². The van der Waals surface area contributed by atoms with Crippen LogP contribution in [0.1, 0.15) is 28.8 Å². The number of anilines is 1. The molecule has 1 unspecified atom stereocenters. The van der Waals surface area contributed by atoms with Crippen LogP contribution in [0.5, 0.6) is 5.75 Å². The lowest BCUT2D eigenvalue weighted by molar-refractivity contribution is -0.0466. The van der Waals surface area contributed by atoms with Gasteiger partial charge in [0.05, 0.1) is 18.9 Å². The van der Waals surface area contributed by atoms with E-state index in [-0.39, 0.29) is 30.2 Å². The third-order valence-electron chi connectivity index (χ3n) is 5.01. The van der Waals surface area contributed by atoms with E-state index in [0.29, 0.717) is 23.3 Å². The van der Waals surface area contributed by atoms with Gasteiger partial charge in [-0.3, -0.25) is 4.79 Å². The Morgan fingerprint density at radius 3 is 3.17 bits per heavy atom. The summed E-state index contributed by atoms with van der Waals surface area (Å²) in [6.45, 7) is 2.41. The fourth-order valence-corrected chi connectivity index (χ4v) is 5.48. The number of nitriles is 1. The van der Waals surface area contributed by atoms with E-state index in [1.54, 1.807) is 23.2 Å². The first kappa shape index (κ1) is 20.6. The number of hydrogen-bond donors (Lipinski definition) is 2. The summed E-state index contributed by atoms with van der Waals surface area (Å²) in [5, 5.41) is 14.4. The molecule has 0 aliphatic carbocycles. The minimum Gasteiger partial charge on any atom is -0.477 e. The maximum atomic E-state index is 12.5. The summed E-state index contributed by atoms with van der Waals surface area (Å²) < 4.78 is 11.1. The number of carbonyl (C=O) groups excluding carboxylic acids is 1. The van der Waals surface area contributed by atoms with Crippen molar-refractivity contribution in [2.24, 2.45) is 16.6 Å². The second-order valence-electron chi connectivity index (χ2n) is 7.06. The van der Waals surface area contributed by atoms with Gasteiger partial charge in [-0.05, 0) is 25.5 Å². The molecule has 11 heteroatoms. The molecule has 0 saturated carbocycles. The molecule has 0 aromatic carbocycles. The predicted molar refractivity (Wildman–Crippen MR) is 115 cm³/mol. The first-order chi connectivity index (χ1) is 14.5. The zero-order valence-electron chi connectivity index (χ0n) is 16.2. The Balaban J connectivity index is 1.50. The Hall–Kier alpha value is -2.68. The Kier molecular flexibility index (Phi) is 5.90. The van der Waals surface area contributed by atoms with Crippen LogP contribution in [0.2, 0.25) is 0 Å². The first-order valence-electron chi connectivity index (χ1n) is 9.33. The van der Waals surface area contributed by atoms with Crippen LogP contribution in [-0.4, -0.2) is 46.1 Å². The largest absolute Gasteiger partial charge is 0.477 e. The Labute approximate surface area is 181 Å². The number of rotatable bonds is 5. The van der Waals surface area contributed by atoms with Gasteiger partial charge < -0.3 is 20.5 Å². The molecule has 4 heterocycles. The molecule has 3 N–H and O–H groups in total. The molecule has 2 aliphatic heterocycles. The quantitative estimate of drug-likeness (QED) is 0.717. The van der Waals surface area contributed by atoms with E-state index in [9.17, 15) is 4.79 Å². The van der Waals surface area contributed by atoms with Crippen molar-refractivity contribution in [2.45, 2.75) is 25.0 Å². The fraction of sp³-hybridized carbons (Fsp3) is 0.421. The lowest BCUT2D eigenvalue weighted by Gasteiger charge is -2.44. The van der Waals surface area contributed by atoms with Crippen LogP contribution < -0.4 is 15.8 Å². The van der Waals surface area contributed by atoms with Crippen molar-refractivity contribution in [3.05, 3.63) is 34.4 Å². The Morgan fingerprint density at radius 1 is 1.53 bits per heavy atom. The number of nitrogens with zero attached hydrogens (tertiary/aromatic N) is 4. The predicted octanol–water partition coefficient (Wildman–Crippen LogP) is 2.37. The van der Waals surface area contributed by atoms with Crippen molar-refractivity contribution in [1.29, 1.82) is 5.26 Å². The molecule has 1 saturated heterocycles. The second kappa shape index (κ2) is 8.59.